The van der Waals surface area contributed by atoms with Crippen molar-refractivity contribution in [2.45, 2.75) is 24.0 Å². The van der Waals surface area contributed by atoms with Crippen LogP contribution in [0.3, 0.4) is 0 Å². The number of hydrogen-bond acceptors (Lipinski definition) is 6. The van der Waals surface area contributed by atoms with Crippen LogP contribution in [-0.2, 0) is 11.9 Å². The fraction of sp³-hybridized carbons (Fsp3) is 0.158. The lowest BCUT2D eigenvalue weighted by atomic mass is 10.1. The number of thioether (sulfide) groups is 1. The zero-order valence-electron chi connectivity index (χ0n) is 15.4. The van der Waals surface area contributed by atoms with Gasteiger partial charge in [-0.1, -0.05) is 52.0 Å². The molecule has 0 aliphatic rings. The Bertz CT molecular complexity index is 1190. The molecule has 154 valence electrons. The second kappa shape index (κ2) is 8.23. The van der Waals surface area contributed by atoms with Crippen molar-refractivity contribution in [3.8, 4) is 17.1 Å². The summed E-state index contributed by atoms with van der Waals surface area (Å²) in [6, 6.07) is 12.3. The monoisotopic (exact) mass is 495 g/mol. The molecule has 0 fully saturated rings. The van der Waals surface area contributed by atoms with Crippen molar-refractivity contribution < 1.29 is 17.6 Å². The highest BCUT2D eigenvalue weighted by Crippen LogP contribution is 2.35. The molecule has 6 nitrogen and oxygen atoms in total. The van der Waals surface area contributed by atoms with Gasteiger partial charge in [0.15, 0.2) is 11.0 Å². The van der Waals surface area contributed by atoms with E-state index >= 15 is 0 Å². The lowest BCUT2D eigenvalue weighted by molar-refractivity contribution is -0.137. The summed E-state index contributed by atoms with van der Waals surface area (Å²) in [5, 5.41) is 16.6. The van der Waals surface area contributed by atoms with Gasteiger partial charge in [0, 0.05) is 17.0 Å². The highest BCUT2D eigenvalue weighted by Gasteiger charge is 2.31. The van der Waals surface area contributed by atoms with Crippen molar-refractivity contribution in [3.63, 3.8) is 0 Å². The first-order valence-corrected chi connectivity index (χ1v) is 10.4. The molecule has 30 heavy (non-hydrogen) atoms. The maximum atomic E-state index is 13.3. The van der Waals surface area contributed by atoms with Crippen LogP contribution >= 0.6 is 27.7 Å². The zero-order valence-corrected chi connectivity index (χ0v) is 17.8. The van der Waals surface area contributed by atoms with Crippen molar-refractivity contribution in [2.24, 2.45) is 0 Å². The molecule has 0 unspecified atom stereocenters. The first kappa shape index (κ1) is 20.6. The molecule has 4 aromatic rings. The average molecular weight is 496 g/mol. The minimum Gasteiger partial charge on any atom is -0.425 e. The molecule has 0 aliphatic carbocycles. The van der Waals surface area contributed by atoms with E-state index in [0.29, 0.717) is 39.8 Å². The molecule has 0 aliphatic heterocycles. The van der Waals surface area contributed by atoms with Gasteiger partial charge in [-0.25, -0.2) is 0 Å². The van der Waals surface area contributed by atoms with Crippen LogP contribution in [-0.4, -0.2) is 25.0 Å². The van der Waals surface area contributed by atoms with Crippen LogP contribution in [0.1, 0.15) is 17.3 Å². The maximum absolute atomic E-state index is 13.3. The molecular weight excluding hydrogens is 483 g/mol. The molecule has 0 N–H and O–H groups in total. The third-order valence-electron chi connectivity index (χ3n) is 4.07. The first-order chi connectivity index (χ1) is 14.3. The Hall–Kier alpha value is -2.66. The van der Waals surface area contributed by atoms with Crippen LogP contribution in [0.5, 0.6) is 0 Å². The first-order valence-electron chi connectivity index (χ1n) is 8.62. The molecular formula is C19H13BrF3N5OS. The van der Waals surface area contributed by atoms with E-state index in [9.17, 15) is 13.2 Å². The Morgan fingerprint density at radius 1 is 1.03 bits per heavy atom. The van der Waals surface area contributed by atoms with Gasteiger partial charge in [-0.15, -0.1) is 20.4 Å². The number of halogens is 4. The molecule has 2 aromatic carbocycles. The molecule has 4 rings (SSSR count). The Balaban J connectivity index is 1.81. The van der Waals surface area contributed by atoms with E-state index in [4.69, 9.17) is 4.42 Å². The topological polar surface area (TPSA) is 69.6 Å². The van der Waals surface area contributed by atoms with Gasteiger partial charge < -0.3 is 4.42 Å². The van der Waals surface area contributed by atoms with Crippen LogP contribution < -0.4 is 0 Å². The third kappa shape index (κ3) is 4.26. The SMILES string of the molecule is Cc1nnc(CSc2nnc(-c3ccccc3Br)n2-c2cccc(C(F)(F)F)c2)o1. The van der Waals surface area contributed by atoms with E-state index in [1.54, 1.807) is 17.6 Å². The molecule has 0 amide bonds. The van der Waals surface area contributed by atoms with Gasteiger partial charge >= 0.3 is 6.18 Å². The maximum Gasteiger partial charge on any atom is 0.416 e. The number of hydrogen-bond donors (Lipinski definition) is 0. The smallest absolute Gasteiger partial charge is 0.416 e. The molecule has 0 spiro atoms. The molecule has 0 atom stereocenters. The molecule has 2 aromatic heterocycles. The molecule has 0 saturated carbocycles. The summed E-state index contributed by atoms with van der Waals surface area (Å²) < 4.78 is 47.6. The van der Waals surface area contributed by atoms with Crippen molar-refractivity contribution >= 4 is 27.7 Å². The minimum absolute atomic E-state index is 0.296. The number of rotatable bonds is 5. The summed E-state index contributed by atoms with van der Waals surface area (Å²) >= 11 is 4.71. The van der Waals surface area contributed by atoms with E-state index in [1.807, 2.05) is 24.3 Å². The molecule has 2 heterocycles. The number of aryl methyl sites for hydroxylation is 1. The van der Waals surface area contributed by atoms with Gasteiger partial charge in [0.05, 0.1) is 17.0 Å². The van der Waals surface area contributed by atoms with Crippen LogP contribution in [0.25, 0.3) is 17.1 Å². The lowest BCUT2D eigenvalue weighted by Crippen LogP contribution is -2.07. The van der Waals surface area contributed by atoms with Crippen LogP contribution in [0.15, 0.2) is 62.6 Å². The summed E-state index contributed by atoms with van der Waals surface area (Å²) in [4.78, 5) is 0. The summed E-state index contributed by atoms with van der Waals surface area (Å²) in [6.07, 6.45) is -4.47. The number of benzene rings is 2. The summed E-state index contributed by atoms with van der Waals surface area (Å²) in [5.41, 5.74) is 0.239. The quantitative estimate of drug-likeness (QED) is 0.330. The fourth-order valence-corrected chi connectivity index (χ4v) is 4.01. The van der Waals surface area contributed by atoms with Gasteiger partial charge in [-0.3, -0.25) is 4.57 Å². The Labute approximate surface area is 181 Å². The number of nitrogens with zero attached hydrogens (tertiary/aromatic N) is 5. The highest BCUT2D eigenvalue weighted by molar-refractivity contribution is 9.10. The van der Waals surface area contributed by atoms with Gasteiger partial charge in [-0.2, -0.15) is 13.2 Å². The van der Waals surface area contributed by atoms with Gasteiger partial charge in [-0.05, 0) is 24.3 Å². The van der Waals surface area contributed by atoms with Crippen LogP contribution in [0.4, 0.5) is 13.2 Å². The molecule has 11 heteroatoms. The second-order valence-corrected chi connectivity index (χ2v) is 7.97. The summed E-state index contributed by atoms with van der Waals surface area (Å²) in [5.74, 6) is 1.52. The van der Waals surface area contributed by atoms with E-state index in [1.165, 1.54) is 17.8 Å². The lowest BCUT2D eigenvalue weighted by Gasteiger charge is -2.13. The normalized spacial score (nSPS) is 11.8. The average Bonchev–Trinajstić information content (AvgIpc) is 3.32. The standard InChI is InChI=1S/C19H13BrF3N5OS/c1-11-24-25-16(29-11)10-30-18-27-26-17(14-7-2-3-8-15(14)20)28(18)13-6-4-5-12(9-13)19(21,22)23/h2-9H,10H2,1H3. The Morgan fingerprint density at radius 3 is 2.53 bits per heavy atom. The highest BCUT2D eigenvalue weighted by atomic mass is 79.9. The Morgan fingerprint density at radius 2 is 1.83 bits per heavy atom. The van der Waals surface area contributed by atoms with Crippen molar-refractivity contribution in [1.82, 2.24) is 25.0 Å². The summed E-state index contributed by atoms with van der Waals surface area (Å²) in [6.45, 7) is 1.68. The van der Waals surface area contributed by atoms with Crippen LogP contribution in [0, 0.1) is 6.92 Å². The van der Waals surface area contributed by atoms with Crippen molar-refractivity contribution in [1.29, 1.82) is 0 Å². The van der Waals surface area contributed by atoms with E-state index in [0.717, 1.165) is 16.6 Å². The van der Waals surface area contributed by atoms with Gasteiger partial charge in [0.2, 0.25) is 11.8 Å². The molecule has 0 saturated heterocycles. The summed E-state index contributed by atoms with van der Waals surface area (Å²) in [7, 11) is 0. The molecule has 0 radical (unpaired) electrons. The zero-order chi connectivity index (χ0) is 21.3. The van der Waals surface area contributed by atoms with Crippen LogP contribution in [0.2, 0.25) is 0 Å². The second-order valence-electron chi connectivity index (χ2n) is 6.17. The van der Waals surface area contributed by atoms with Gasteiger partial charge in [0.1, 0.15) is 0 Å². The number of aromatic nitrogens is 5. The third-order valence-corrected chi connectivity index (χ3v) is 5.68. The van der Waals surface area contributed by atoms with Crippen molar-refractivity contribution in [3.05, 3.63) is 70.3 Å². The van der Waals surface area contributed by atoms with Gasteiger partial charge in [0.25, 0.3) is 0 Å². The minimum atomic E-state index is -4.47. The Kier molecular flexibility index (Phi) is 5.65. The number of alkyl halides is 3. The van der Waals surface area contributed by atoms with Crippen molar-refractivity contribution in [2.75, 3.05) is 0 Å². The predicted octanol–water partition coefficient (Wildman–Crippen LogP) is 5.70. The van der Waals surface area contributed by atoms with E-state index in [2.05, 4.69) is 36.3 Å². The molecule has 0 bridgehead atoms. The van der Waals surface area contributed by atoms with E-state index < -0.39 is 11.7 Å². The fourth-order valence-electron chi connectivity index (χ4n) is 2.76. The predicted molar refractivity (Wildman–Crippen MR) is 108 cm³/mol. The van der Waals surface area contributed by atoms with E-state index in [-0.39, 0.29) is 0 Å². The largest absolute Gasteiger partial charge is 0.425 e.